The molecule has 1 aliphatic carbocycles. The van der Waals surface area contributed by atoms with E-state index in [9.17, 15) is 12.8 Å². The van der Waals surface area contributed by atoms with Crippen molar-refractivity contribution in [2.75, 3.05) is 42.4 Å². The zero-order valence-electron chi connectivity index (χ0n) is 21.5. The lowest BCUT2D eigenvalue weighted by Crippen LogP contribution is -2.43. The Morgan fingerprint density at radius 2 is 1.84 bits per heavy atom. The van der Waals surface area contributed by atoms with Crippen molar-refractivity contribution in [2.45, 2.75) is 63.6 Å². The van der Waals surface area contributed by atoms with E-state index in [1.807, 2.05) is 13.0 Å². The molecule has 1 aliphatic heterocycles. The smallest absolute Gasteiger partial charge is 0.165 e. The van der Waals surface area contributed by atoms with Crippen LogP contribution in [0.2, 0.25) is 5.02 Å². The molecular formula is C26H37ClFN5O3S. The first-order valence-electron chi connectivity index (χ1n) is 13.0. The van der Waals surface area contributed by atoms with Crippen molar-refractivity contribution in [3.8, 4) is 11.3 Å². The van der Waals surface area contributed by atoms with Crippen molar-refractivity contribution in [3.05, 3.63) is 35.2 Å². The minimum atomic E-state index is -3.00. The molecule has 0 bridgehead atoms. The molecule has 37 heavy (non-hydrogen) atoms. The zero-order valence-corrected chi connectivity index (χ0v) is 23.0. The summed E-state index contributed by atoms with van der Waals surface area (Å²) in [5.74, 6) is 1.11. The van der Waals surface area contributed by atoms with Crippen LogP contribution in [-0.2, 0) is 14.6 Å². The molecule has 2 aromatic rings. The van der Waals surface area contributed by atoms with E-state index in [2.05, 4.69) is 25.9 Å². The Kier molecular flexibility index (Phi) is 9.61. The van der Waals surface area contributed by atoms with Gasteiger partial charge in [-0.15, -0.1) is 0 Å². The lowest BCUT2D eigenvalue weighted by molar-refractivity contribution is 0.0699. The molecule has 2 aliphatic rings. The fourth-order valence-electron chi connectivity index (χ4n) is 5.14. The molecule has 3 heterocycles. The standard InChI is InChI=1S/C26H37ClFN5O3S/c1-17(16-37(2,34)35)31-19-3-5-20(6-4-19)32-25-13-21(22(27)15-29-25)24-8-7-23(28)26(33-24)30-14-18-9-11-36-12-10-18/h7-8,13,15,17-20,31H,3-6,9-12,14,16H2,1-2H3,(H,29,32)(H,30,33)/t17-,19?,20?/m0/s1. The molecule has 0 spiro atoms. The number of pyridine rings is 2. The highest BCUT2D eigenvalue weighted by molar-refractivity contribution is 7.90. The Morgan fingerprint density at radius 3 is 2.54 bits per heavy atom. The Hall–Kier alpha value is -2.01. The normalized spacial score (nSPS) is 21.9. The van der Waals surface area contributed by atoms with Gasteiger partial charge in [0, 0.05) is 55.9 Å². The van der Waals surface area contributed by atoms with Crippen LogP contribution in [0.25, 0.3) is 11.3 Å². The van der Waals surface area contributed by atoms with Gasteiger partial charge in [-0.25, -0.2) is 22.8 Å². The van der Waals surface area contributed by atoms with Crippen molar-refractivity contribution >= 4 is 33.1 Å². The second-order valence-corrected chi connectivity index (χ2v) is 13.0. The van der Waals surface area contributed by atoms with Gasteiger partial charge >= 0.3 is 0 Å². The summed E-state index contributed by atoms with van der Waals surface area (Å²) in [5, 5.41) is 10.6. The Bertz CT molecular complexity index is 1150. The predicted octanol–water partition coefficient (Wildman–Crippen LogP) is 4.52. The second-order valence-electron chi connectivity index (χ2n) is 10.4. The van der Waals surface area contributed by atoms with Crippen molar-refractivity contribution in [2.24, 2.45) is 5.92 Å². The fourth-order valence-corrected chi connectivity index (χ4v) is 6.34. The van der Waals surface area contributed by atoms with Crippen LogP contribution in [0, 0.1) is 11.7 Å². The van der Waals surface area contributed by atoms with E-state index < -0.39 is 15.7 Å². The van der Waals surface area contributed by atoms with Crippen LogP contribution >= 0.6 is 11.6 Å². The summed E-state index contributed by atoms with van der Waals surface area (Å²) in [5.41, 5.74) is 1.28. The van der Waals surface area contributed by atoms with Crippen LogP contribution in [0.1, 0.15) is 45.4 Å². The number of ether oxygens (including phenoxy) is 1. The van der Waals surface area contributed by atoms with Gasteiger partial charge in [-0.05, 0) is 69.6 Å². The molecule has 2 aromatic heterocycles. The summed E-state index contributed by atoms with van der Waals surface area (Å²) in [6.07, 6.45) is 8.57. The van der Waals surface area contributed by atoms with Gasteiger partial charge in [-0.2, -0.15) is 0 Å². The SMILES string of the molecule is C[C@@H](CS(C)(=O)=O)NC1CCC(Nc2cc(-c3ccc(F)c(NCC4CCOCC4)n3)c(Cl)cn2)CC1. The first-order valence-corrected chi connectivity index (χ1v) is 15.4. The van der Waals surface area contributed by atoms with Crippen molar-refractivity contribution in [3.63, 3.8) is 0 Å². The quantitative estimate of drug-likeness (QED) is 0.394. The molecule has 1 saturated carbocycles. The third kappa shape index (κ3) is 8.49. The van der Waals surface area contributed by atoms with Gasteiger partial charge < -0.3 is 20.7 Å². The van der Waals surface area contributed by atoms with Gasteiger partial charge in [0.05, 0.1) is 16.5 Å². The molecule has 1 atom stereocenters. The summed E-state index contributed by atoms with van der Waals surface area (Å²) in [7, 11) is -3.00. The minimum absolute atomic E-state index is 0.0655. The number of anilines is 2. The molecule has 8 nitrogen and oxygen atoms in total. The number of halogens is 2. The van der Waals surface area contributed by atoms with E-state index in [-0.39, 0.29) is 23.7 Å². The van der Waals surface area contributed by atoms with Crippen LogP contribution in [0.15, 0.2) is 24.4 Å². The van der Waals surface area contributed by atoms with E-state index in [1.54, 1.807) is 12.3 Å². The first-order chi connectivity index (χ1) is 17.7. The number of hydrogen-bond donors (Lipinski definition) is 3. The number of nitrogens with zero attached hydrogens (tertiary/aromatic N) is 2. The average molecular weight is 554 g/mol. The lowest BCUT2D eigenvalue weighted by Gasteiger charge is -2.32. The first kappa shape index (κ1) is 28.0. The number of rotatable bonds is 10. The van der Waals surface area contributed by atoms with Crippen LogP contribution in [-0.4, -0.2) is 68.3 Å². The van der Waals surface area contributed by atoms with Crippen LogP contribution in [0.5, 0.6) is 0 Å². The average Bonchev–Trinajstić information content (AvgIpc) is 2.85. The van der Waals surface area contributed by atoms with E-state index in [0.717, 1.165) is 51.7 Å². The molecule has 0 aromatic carbocycles. The number of aromatic nitrogens is 2. The van der Waals surface area contributed by atoms with Crippen LogP contribution in [0.3, 0.4) is 0 Å². The van der Waals surface area contributed by atoms with Gasteiger partial charge in [0.1, 0.15) is 15.7 Å². The second kappa shape index (κ2) is 12.7. The molecule has 2 fully saturated rings. The van der Waals surface area contributed by atoms with Gasteiger partial charge in [0.25, 0.3) is 0 Å². The topological polar surface area (TPSA) is 105 Å². The summed E-state index contributed by atoms with van der Waals surface area (Å²) in [4.78, 5) is 8.98. The zero-order chi connectivity index (χ0) is 26.4. The van der Waals surface area contributed by atoms with E-state index >= 15 is 0 Å². The highest BCUT2D eigenvalue weighted by atomic mass is 35.5. The molecule has 1 saturated heterocycles. The lowest BCUT2D eigenvalue weighted by atomic mass is 9.90. The molecule has 0 unspecified atom stereocenters. The Morgan fingerprint density at radius 1 is 1.14 bits per heavy atom. The summed E-state index contributed by atoms with van der Waals surface area (Å²) >= 11 is 6.47. The highest BCUT2D eigenvalue weighted by Crippen LogP contribution is 2.31. The minimum Gasteiger partial charge on any atom is -0.381 e. The molecule has 11 heteroatoms. The molecule has 0 radical (unpaired) electrons. The van der Waals surface area contributed by atoms with Gasteiger partial charge in [-0.1, -0.05) is 11.6 Å². The number of nitrogens with one attached hydrogen (secondary N) is 3. The molecule has 4 rings (SSSR count). The molecule has 0 amide bonds. The molecule has 204 valence electrons. The van der Waals surface area contributed by atoms with E-state index in [4.69, 9.17) is 16.3 Å². The maximum absolute atomic E-state index is 14.5. The maximum atomic E-state index is 14.5. The highest BCUT2D eigenvalue weighted by Gasteiger charge is 2.24. The monoisotopic (exact) mass is 553 g/mol. The fraction of sp³-hybridized carbons (Fsp3) is 0.615. The summed E-state index contributed by atoms with van der Waals surface area (Å²) < 4.78 is 42.9. The molecule has 3 N–H and O–H groups in total. The van der Waals surface area contributed by atoms with E-state index in [1.165, 1.54) is 12.3 Å². The Labute approximate surface area is 224 Å². The van der Waals surface area contributed by atoms with Gasteiger partial charge in [0.15, 0.2) is 11.6 Å². The number of hydrogen-bond acceptors (Lipinski definition) is 8. The summed E-state index contributed by atoms with van der Waals surface area (Å²) in [6.45, 7) is 4.05. The van der Waals surface area contributed by atoms with Crippen molar-refractivity contribution in [1.82, 2.24) is 15.3 Å². The van der Waals surface area contributed by atoms with E-state index in [0.29, 0.717) is 40.6 Å². The predicted molar refractivity (Wildman–Crippen MR) is 146 cm³/mol. The third-order valence-electron chi connectivity index (χ3n) is 7.03. The van der Waals surface area contributed by atoms with Crippen molar-refractivity contribution in [1.29, 1.82) is 0 Å². The largest absolute Gasteiger partial charge is 0.381 e. The maximum Gasteiger partial charge on any atom is 0.165 e. The van der Waals surface area contributed by atoms with Gasteiger partial charge in [0.2, 0.25) is 0 Å². The van der Waals surface area contributed by atoms with Gasteiger partial charge in [-0.3, -0.25) is 0 Å². The van der Waals surface area contributed by atoms with Crippen LogP contribution in [0.4, 0.5) is 16.0 Å². The van der Waals surface area contributed by atoms with Crippen LogP contribution < -0.4 is 16.0 Å². The molecular weight excluding hydrogens is 517 g/mol. The number of sulfone groups is 1. The van der Waals surface area contributed by atoms with Crippen molar-refractivity contribution < 1.29 is 17.5 Å². The summed E-state index contributed by atoms with van der Waals surface area (Å²) in [6, 6.07) is 5.40. The third-order valence-corrected chi connectivity index (χ3v) is 8.44. The Balaban J connectivity index is 1.36.